The normalized spacial score (nSPS) is 16.5. The summed E-state index contributed by atoms with van der Waals surface area (Å²) in [4.78, 5) is 22.8. The van der Waals surface area contributed by atoms with Crippen LogP contribution in [0.1, 0.15) is 28.3 Å². The first-order valence-corrected chi connectivity index (χ1v) is 11.6. The number of carbonyl (C=O) groups is 1. The maximum Gasteiger partial charge on any atom is 0.416 e. The molecule has 0 bridgehead atoms. The van der Waals surface area contributed by atoms with Crippen molar-refractivity contribution < 1.29 is 31.1 Å². The molecule has 1 amide bonds. The predicted molar refractivity (Wildman–Crippen MR) is 128 cm³/mol. The van der Waals surface area contributed by atoms with E-state index < -0.39 is 29.5 Å². The number of guanidine groups is 1. The molecular weight excluding hydrogens is 500 g/mol. The van der Waals surface area contributed by atoms with Crippen molar-refractivity contribution in [3.05, 3.63) is 70.8 Å². The quantitative estimate of drug-likeness (QED) is 0.349. The molecule has 2 N–H and O–H groups in total. The molecule has 2 aromatic carbocycles. The molecule has 1 atom stereocenters. The van der Waals surface area contributed by atoms with Crippen molar-refractivity contribution in [1.29, 1.82) is 0 Å². The lowest BCUT2D eigenvalue weighted by atomic mass is 10.0. The SMILES string of the molecule is CN=C(N)N1CCN(C(C(=O)N(C)CCc2cc(C(F)(F)F)cc(C(F)(F)F)c2)c2ccccc2)CC1. The molecule has 6 nitrogen and oxygen atoms in total. The van der Waals surface area contributed by atoms with Gasteiger partial charge in [-0.1, -0.05) is 30.3 Å². The molecule has 3 rings (SSSR count). The van der Waals surface area contributed by atoms with Crippen molar-refractivity contribution >= 4 is 11.9 Å². The summed E-state index contributed by atoms with van der Waals surface area (Å²) >= 11 is 0. The van der Waals surface area contributed by atoms with Gasteiger partial charge in [0.15, 0.2) is 5.96 Å². The van der Waals surface area contributed by atoms with Crippen molar-refractivity contribution in [3.8, 4) is 0 Å². The highest BCUT2D eigenvalue weighted by Crippen LogP contribution is 2.36. The Labute approximate surface area is 211 Å². The van der Waals surface area contributed by atoms with Crippen LogP contribution >= 0.6 is 0 Å². The molecule has 2 aromatic rings. The van der Waals surface area contributed by atoms with Gasteiger partial charge in [0.1, 0.15) is 6.04 Å². The number of alkyl halides is 6. The summed E-state index contributed by atoms with van der Waals surface area (Å²) < 4.78 is 79.2. The van der Waals surface area contributed by atoms with Gasteiger partial charge in [-0.15, -0.1) is 0 Å². The lowest BCUT2D eigenvalue weighted by molar-refractivity contribution is -0.143. The molecule has 0 radical (unpaired) electrons. The first kappa shape index (κ1) is 28.3. The number of piperazine rings is 1. The standard InChI is InChI=1S/C25H29F6N5O/c1-33-23(32)36-12-10-35(11-13-36)21(18-6-4-3-5-7-18)22(37)34(2)9-8-17-14-19(24(26,27)28)16-20(15-17)25(29,30)31/h3-7,14-16,21H,8-13H2,1-2H3,(H2,32,33). The van der Waals surface area contributed by atoms with Gasteiger partial charge in [0.05, 0.1) is 11.1 Å². The van der Waals surface area contributed by atoms with E-state index in [1.807, 2.05) is 28.0 Å². The van der Waals surface area contributed by atoms with Crippen LogP contribution in [0.2, 0.25) is 0 Å². The molecule has 37 heavy (non-hydrogen) atoms. The third kappa shape index (κ3) is 7.15. The molecule has 1 unspecified atom stereocenters. The van der Waals surface area contributed by atoms with E-state index in [2.05, 4.69) is 4.99 Å². The van der Waals surface area contributed by atoms with E-state index >= 15 is 0 Å². The smallest absolute Gasteiger partial charge is 0.370 e. The fourth-order valence-electron chi connectivity index (χ4n) is 4.27. The summed E-state index contributed by atoms with van der Waals surface area (Å²) in [5.41, 5.74) is 3.74. The van der Waals surface area contributed by atoms with Gasteiger partial charge in [0.25, 0.3) is 0 Å². The highest BCUT2D eigenvalue weighted by molar-refractivity contribution is 5.83. The van der Waals surface area contributed by atoms with E-state index in [9.17, 15) is 31.1 Å². The van der Waals surface area contributed by atoms with Gasteiger partial charge < -0.3 is 15.5 Å². The van der Waals surface area contributed by atoms with Crippen LogP contribution in [-0.4, -0.2) is 73.4 Å². The molecule has 0 aliphatic carbocycles. The summed E-state index contributed by atoms with van der Waals surface area (Å²) in [5.74, 6) is 0.0958. The fraction of sp³-hybridized carbons (Fsp3) is 0.440. The van der Waals surface area contributed by atoms with E-state index in [1.54, 1.807) is 19.2 Å². The second-order valence-electron chi connectivity index (χ2n) is 8.84. The number of hydrogen-bond acceptors (Lipinski definition) is 3. The van der Waals surface area contributed by atoms with Crippen LogP contribution < -0.4 is 5.73 Å². The number of hydrogen-bond donors (Lipinski definition) is 1. The number of likely N-dealkylation sites (N-methyl/N-ethyl adjacent to an activating group) is 1. The van der Waals surface area contributed by atoms with E-state index in [-0.39, 0.29) is 30.5 Å². The molecule has 0 spiro atoms. The van der Waals surface area contributed by atoms with Crippen LogP contribution in [0.4, 0.5) is 26.3 Å². The lowest BCUT2D eigenvalue weighted by Gasteiger charge is -2.40. The molecule has 202 valence electrons. The Morgan fingerprint density at radius 2 is 1.51 bits per heavy atom. The molecular formula is C25H29F6N5O. The largest absolute Gasteiger partial charge is 0.416 e. The zero-order chi connectivity index (χ0) is 27.4. The second-order valence-corrected chi connectivity index (χ2v) is 8.84. The minimum atomic E-state index is -4.93. The number of benzene rings is 2. The first-order chi connectivity index (χ1) is 17.3. The van der Waals surface area contributed by atoms with Crippen molar-refractivity contribution in [2.24, 2.45) is 10.7 Å². The number of aliphatic imine (C=N–C) groups is 1. The average molecular weight is 530 g/mol. The van der Waals surface area contributed by atoms with Crippen molar-refractivity contribution in [3.63, 3.8) is 0 Å². The highest BCUT2D eigenvalue weighted by atomic mass is 19.4. The van der Waals surface area contributed by atoms with Crippen LogP contribution in [0.25, 0.3) is 0 Å². The van der Waals surface area contributed by atoms with Gasteiger partial charge in [-0.25, -0.2) is 0 Å². The van der Waals surface area contributed by atoms with E-state index in [4.69, 9.17) is 5.73 Å². The van der Waals surface area contributed by atoms with Crippen molar-refractivity contribution in [1.82, 2.24) is 14.7 Å². The summed E-state index contributed by atoms with van der Waals surface area (Å²) in [7, 11) is 3.09. The van der Waals surface area contributed by atoms with Gasteiger partial charge in [0.2, 0.25) is 5.91 Å². The lowest BCUT2D eigenvalue weighted by Crippen LogP contribution is -2.54. The predicted octanol–water partition coefficient (Wildman–Crippen LogP) is 4.03. The Morgan fingerprint density at radius 1 is 0.973 bits per heavy atom. The number of nitrogens with two attached hydrogens (primary N) is 1. The monoisotopic (exact) mass is 529 g/mol. The third-order valence-corrected chi connectivity index (χ3v) is 6.34. The van der Waals surface area contributed by atoms with Crippen molar-refractivity contribution in [2.75, 3.05) is 46.8 Å². The zero-order valence-electron chi connectivity index (χ0n) is 20.5. The van der Waals surface area contributed by atoms with E-state index in [1.165, 1.54) is 11.9 Å². The average Bonchev–Trinajstić information content (AvgIpc) is 2.86. The number of nitrogens with zero attached hydrogens (tertiary/aromatic N) is 4. The van der Waals surface area contributed by atoms with Crippen LogP contribution in [0.15, 0.2) is 53.5 Å². The topological polar surface area (TPSA) is 65.2 Å². The first-order valence-electron chi connectivity index (χ1n) is 11.6. The maximum atomic E-state index is 13.6. The number of halogens is 6. The summed E-state index contributed by atoms with van der Waals surface area (Å²) in [6.45, 7) is 2.06. The Hall–Kier alpha value is -3.28. The van der Waals surface area contributed by atoms with Gasteiger partial charge in [-0.3, -0.25) is 14.7 Å². The number of rotatable bonds is 6. The van der Waals surface area contributed by atoms with E-state index in [0.717, 1.165) is 5.56 Å². The Morgan fingerprint density at radius 3 is 2.00 bits per heavy atom. The second kappa shape index (κ2) is 11.4. The third-order valence-electron chi connectivity index (χ3n) is 6.34. The summed E-state index contributed by atoms with van der Waals surface area (Å²) in [6, 6.07) is 9.86. The van der Waals surface area contributed by atoms with Gasteiger partial charge >= 0.3 is 12.4 Å². The molecule has 1 saturated heterocycles. The molecule has 0 saturated carbocycles. The highest BCUT2D eigenvalue weighted by Gasteiger charge is 2.37. The zero-order valence-corrected chi connectivity index (χ0v) is 20.5. The minimum Gasteiger partial charge on any atom is -0.370 e. The van der Waals surface area contributed by atoms with Gasteiger partial charge in [-0.2, -0.15) is 26.3 Å². The van der Waals surface area contributed by atoms with Crippen LogP contribution in [0.3, 0.4) is 0 Å². The molecule has 1 fully saturated rings. The number of carbonyl (C=O) groups excluding carboxylic acids is 1. The molecule has 12 heteroatoms. The minimum absolute atomic E-state index is 0.0593. The van der Waals surface area contributed by atoms with Gasteiger partial charge in [0, 0.05) is 46.8 Å². The maximum absolute atomic E-state index is 13.6. The Kier molecular flexibility index (Phi) is 8.72. The van der Waals surface area contributed by atoms with Crippen LogP contribution in [0.5, 0.6) is 0 Å². The number of amides is 1. The van der Waals surface area contributed by atoms with E-state index in [0.29, 0.717) is 44.3 Å². The molecule has 1 aliphatic rings. The Balaban J connectivity index is 1.79. The Bertz CT molecular complexity index is 1060. The molecule has 1 heterocycles. The molecule has 1 aliphatic heterocycles. The van der Waals surface area contributed by atoms with Crippen LogP contribution in [-0.2, 0) is 23.6 Å². The fourth-order valence-corrected chi connectivity index (χ4v) is 4.27. The molecule has 0 aromatic heterocycles. The van der Waals surface area contributed by atoms with Gasteiger partial charge in [-0.05, 0) is 35.7 Å². The van der Waals surface area contributed by atoms with Crippen molar-refractivity contribution in [2.45, 2.75) is 24.8 Å². The summed E-state index contributed by atoms with van der Waals surface area (Å²) in [6.07, 6.45) is -10.0. The summed E-state index contributed by atoms with van der Waals surface area (Å²) in [5, 5.41) is 0. The van der Waals surface area contributed by atoms with Crippen LogP contribution in [0, 0.1) is 0 Å².